The number of aliphatic imine (C=N–C) groups is 1. The maximum absolute atomic E-state index is 6.12. The van der Waals surface area contributed by atoms with Crippen molar-refractivity contribution in [3.05, 3.63) is 65.2 Å². The number of nitrogens with one attached hydrogen (secondary N) is 1. The molecule has 3 N–H and O–H groups in total. The lowest BCUT2D eigenvalue weighted by Crippen LogP contribution is -2.40. The maximum atomic E-state index is 6.12. The van der Waals surface area contributed by atoms with E-state index in [2.05, 4.69) is 65.5 Å². The van der Waals surface area contributed by atoms with Gasteiger partial charge in [-0.05, 0) is 31.5 Å². The first kappa shape index (κ1) is 18.4. The monoisotopic (exact) mass is 352 g/mol. The number of rotatable bonds is 5. The lowest BCUT2D eigenvalue weighted by Gasteiger charge is -2.34. The van der Waals surface area contributed by atoms with E-state index in [0.717, 1.165) is 32.0 Å². The molecule has 1 saturated heterocycles. The van der Waals surface area contributed by atoms with Crippen molar-refractivity contribution in [3.8, 4) is 0 Å². The third kappa shape index (κ3) is 5.07. The van der Waals surface area contributed by atoms with E-state index in [1.807, 2.05) is 12.1 Å². The molecule has 0 aromatic heterocycles. The first-order chi connectivity index (χ1) is 12.6. The summed E-state index contributed by atoms with van der Waals surface area (Å²) in [4.78, 5) is 7.04. The van der Waals surface area contributed by atoms with Crippen LogP contribution in [0, 0.1) is 13.8 Å². The zero-order chi connectivity index (χ0) is 18.4. The fourth-order valence-corrected chi connectivity index (χ4v) is 3.12. The van der Waals surface area contributed by atoms with Gasteiger partial charge in [-0.2, -0.15) is 0 Å². The minimum absolute atomic E-state index is 0.206. The van der Waals surface area contributed by atoms with E-state index in [9.17, 15) is 0 Å². The zero-order valence-corrected chi connectivity index (χ0v) is 15.6. The van der Waals surface area contributed by atoms with E-state index in [0.29, 0.717) is 12.5 Å². The summed E-state index contributed by atoms with van der Waals surface area (Å²) in [5, 5.41) is 3.17. The summed E-state index contributed by atoms with van der Waals surface area (Å²) in [7, 11) is 0. The van der Waals surface area contributed by atoms with Gasteiger partial charge in [-0.25, -0.2) is 0 Å². The highest BCUT2D eigenvalue weighted by Gasteiger charge is 2.22. The Balaban J connectivity index is 1.71. The molecule has 0 radical (unpaired) electrons. The van der Waals surface area contributed by atoms with Gasteiger partial charge >= 0.3 is 0 Å². The minimum atomic E-state index is 0.206. The number of ether oxygens (including phenoxy) is 1. The zero-order valence-electron chi connectivity index (χ0n) is 15.6. The molecule has 26 heavy (non-hydrogen) atoms. The molecular formula is C21H28N4O. The molecule has 0 aliphatic carbocycles. The van der Waals surface area contributed by atoms with E-state index in [1.165, 1.54) is 16.7 Å². The van der Waals surface area contributed by atoms with Crippen molar-refractivity contribution < 1.29 is 4.74 Å². The smallest absolute Gasteiger partial charge is 0.193 e. The molecule has 1 aliphatic rings. The van der Waals surface area contributed by atoms with Crippen molar-refractivity contribution in [1.82, 2.24) is 4.90 Å². The molecule has 0 bridgehead atoms. The Morgan fingerprint density at radius 2 is 1.62 bits per heavy atom. The molecule has 1 fully saturated rings. The largest absolute Gasteiger partial charge is 0.379 e. The van der Waals surface area contributed by atoms with Crippen LogP contribution in [-0.4, -0.2) is 43.7 Å². The highest BCUT2D eigenvalue weighted by molar-refractivity contribution is 5.92. The maximum Gasteiger partial charge on any atom is 0.193 e. The van der Waals surface area contributed by atoms with Crippen molar-refractivity contribution >= 4 is 11.6 Å². The van der Waals surface area contributed by atoms with Crippen molar-refractivity contribution in [2.24, 2.45) is 10.7 Å². The van der Waals surface area contributed by atoms with Crippen LogP contribution in [-0.2, 0) is 4.74 Å². The van der Waals surface area contributed by atoms with Crippen LogP contribution in [0.1, 0.15) is 22.7 Å². The molecule has 138 valence electrons. The van der Waals surface area contributed by atoms with Crippen LogP contribution in [0.5, 0.6) is 0 Å². The molecule has 1 atom stereocenters. The Hall–Kier alpha value is -2.37. The molecule has 5 nitrogen and oxygen atoms in total. The highest BCUT2D eigenvalue weighted by Crippen LogP contribution is 2.23. The molecule has 3 rings (SSSR count). The summed E-state index contributed by atoms with van der Waals surface area (Å²) in [5.41, 5.74) is 10.8. The SMILES string of the molecule is Cc1ccc(NC(N)=NCC(c2ccc(C)cc2)N2CCOCC2)cc1. The molecule has 0 saturated carbocycles. The van der Waals surface area contributed by atoms with Gasteiger partial charge in [0.15, 0.2) is 5.96 Å². The number of nitrogens with zero attached hydrogens (tertiary/aromatic N) is 2. The first-order valence-electron chi connectivity index (χ1n) is 9.14. The van der Waals surface area contributed by atoms with Crippen LogP contribution < -0.4 is 11.1 Å². The lowest BCUT2D eigenvalue weighted by atomic mass is 10.0. The Bertz CT molecular complexity index is 719. The number of nitrogens with two attached hydrogens (primary N) is 1. The second-order valence-electron chi connectivity index (χ2n) is 6.79. The number of hydrogen-bond acceptors (Lipinski definition) is 3. The Morgan fingerprint density at radius 1 is 1.04 bits per heavy atom. The van der Waals surface area contributed by atoms with Gasteiger partial charge in [-0.3, -0.25) is 9.89 Å². The van der Waals surface area contributed by atoms with Crippen LogP contribution in [0.3, 0.4) is 0 Å². The summed E-state index contributed by atoms with van der Waals surface area (Å²) in [6.07, 6.45) is 0. The average Bonchev–Trinajstić information content (AvgIpc) is 2.66. The number of aryl methyl sites for hydroxylation is 2. The molecule has 0 amide bonds. The Kier molecular flexibility index (Phi) is 6.26. The number of guanidine groups is 1. The van der Waals surface area contributed by atoms with Crippen LogP contribution in [0.4, 0.5) is 5.69 Å². The number of hydrogen-bond donors (Lipinski definition) is 2. The van der Waals surface area contributed by atoms with Crippen LogP contribution in [0.2, 0.25) is 0 Å². The van der Waals surface area contributed by atoms with Gasteiger partial charge in [-0.15, -0.1) is 0 Å². The van der Waals surface area contributed by atoms with Gasteiger partial charge in [-0.1, -0.05) is 47.5 Å². The van der Waals surface area contributed by atoms with Gasteiger partial charge in [0.2, 0.25) is 0 Å². The number of benzene rings is 2. The normalized spacial score (nSPS) is 17.1. The van der Waals surface area contributed by atoms with Crippen LogP contribution >= 0.6 is 0 Å². The lowest BCUT2D eigenvalue weighted by molar-refractivity contribution is 0.0180. The van der Waals surface area contributed by atoms with Gasteiger partial charge < -0.3 is 15.8 Å². The summed E-state index contributed by atoms with van der Waals surface area (Å²) in [5.74, 6) is 0.444. The van der Waals surface area contributed by atoms with Gasteiger partial charge in [0.05, 0.1) is 25.8 Å². The summed E-state index contributed by atoms with van der Waals surface area (Å²) >= 11 is 0. The van der Waals surface area contributed by atoms with Gasteiger partial charge in [0.25, 0.3) is 0 Å². The van der Waals surface area contributed by atoms with Crippen molar-refractivity contribution in [2.75, 3.05) is 38.2 Å². The van der Waals surface area contributed by atoms with Gasteiger partial charge in [0.1, 0.15) is 0 Å². The second kappa shape index (κ2) is 8.83. The topological polar surface area (TPSA) is 62.9 Å². The summed E-state index contributed by atoms with van der Waals surface area (Å²) in [6.45, 7) is 8.16. The predicted molar refractivity (Wildman–Crippen MR) is 108 cm³/mol. The third-order valence-electron chi connectivity index (χ3n) is 4.71. The molecule has 1 aliphatic heterocycles. The van der Waals surface area contributed by atoms with E-state index in [1.54, 1.807) is 0 Å². The quantitative estimate of drug-likeness (QED) is 0.641. The first-order valence-corrected chi connectivity index (χ1v) is 9.14. The van der Waals surface area contributed by atoms with E-state index in [4.69, 9.17) is 10.5 Å². The Labute approximate surface area is 155 Å². The second-order valence-corrected chi connectivity index (χ2v) is 6.79. The summed E-state index contributed by atoms with van der Waals surface area (Å²) < 4.78 is 5.50. The standard InChI is InChI=1S/C21H28N4O/c1-16-3-7-18(8-4-16)20(25-11-13-26-14-12-25)15-23-21(22)24-19-9-5-17(2)6-10-19/h3-10,20H,11-15H2,1-2H3,(H3,22,23,24). The van der Waals surface area contributed by atoms with E-state index < -0.39 is 0 Å². The number of anilines is 1. The molecule has 2 aromatic rings. The molecule has 1 heterocycles. The molecular weight excluding hydrogens is 324 g/mol. The summed E-state index contributed by atoms with van der Waals surface area (Å²) in [6, 6.07) is 17.0. The molecule has 2 aromatic carbocycles. The van der Waals surface area contributed by atoms with Crippen molar-refractivity contribution in [1.29, 1.82) is 0 Å². The van der Waals surface area contributed by atoms with E-state index >= 15 is 0 Å². The molecule has 1 unspecified atom stereocenters. The fraction of sp³-hybridized carbons (Fsp3) is 0.381. The molecule has 0 spiro atoms. The van der Waals surface area contributed by atoms with Crippen LogP contribution in [0.25, 0.3) is 0 Å². The van der Waals surface area contributed by atoms with E-state index in [-0.39, 0.29) is 6.04 Å². The van der Waals surface area contributed by atoms with Gasteiger partial charge in [0, 0.05) is 18.8 Å². The highest BCUT2D eigenvalue weighted by atomic mass is 16.5. The van der Waals surface area contributed by atoms with Crippen molar-refractivity contribution in [2.45, 2.75) is 19.9 Å². The number of morpholine rings is 1. The fourth-order valence-electron chi connectivity index (χ4n) is 3.12. The minimum Gasteiger partial charge on any atom is -0.379 e. The predicted octanol–water partition coefficient (Wildman–Crippen LogP) is 3.10. The third-order valence-corrected chi connectivity index (χ3v) is 4.71. The average molecular weight is 352 g/mol. The molecule has 5 heteroatoms. The Morgan fingerprint density at radius 3 is 2.23 bits per heavy atom. The van der Waals surface area contributed by atoms with Crippen LogP contribution in [0.15, 0.2) is 53.5 Å². The van der Waals surface area contributed by atoms with Crippen molar-refractivity contribution in [3.63, 3.8) is 0 Å².